The summed E-state index contributed by atoms with van der Waals surface area (Å²) in [6.45, 7) is 0. The van der Waals surface area contributed by atoms with Crippen molar-refractivity contribution in [2.45, 2.75) is 12.8 Å². The third-order valence-corrected chi connectivity index (χ3v) is 2.98. The molecule has 0 unspecified atom stereocenters. The molecule has 0 aromatic carbocycles. The van der Waals surface area contributed by atoms with Crippen molar-refractivity contribution in [3.05, 3.63) is 29.4 Å². The lowest BCUT2D eigenvalue weighted by Gasteiger charge is -1.99. The van der Waals surface area contributed by atoms with Gasteiger partial charge in [-0.2, -0.15) is 0 Å². The molecule has 2 heterocycles. The number of aryl methyl sites for hydroxylation is 1. The van der Waals surface area contributed by atoms with Crippen LogP contribution in [0.4, 0.5) is 0 Å². The van der Waals surface area contributed by atoms with Gasteiger partial charge in [0.1, 0.15) is 16.7 Å². The monoisotopic (exact) mass is 253 g/mol. The van der Waals surface area contributed by atoms with Crippen molar-refractivity contribution in [3.8, 4) is 11.3 Å². The summed E-state index contributed by atoms with van der Waals surface area (Å²) >= 11 is 6.16. The fraction of sp³-hybridized carbons (Fsp3) is 0.273. The third-order valence-electron chi connectivity index (χ3n) is 2.55. The van der Waals surface area contributed by atoms with Crippen LogP contribution in [0.25, 0.3) is 11.3 Å². The molecule has 2 aromatic heterocycles. The Hall–Kier alpha value is -1.75. The minimum Gasteiger partial charge on any atom is -0.481 e. The van der Waals surface area contributed by atoms with Crippen LogP contribution in [0.3, 0.4) is 0 Å². The average Bonchev–Trinajstić information content (AvgIpc) is 2.88. The summed E-state index contributed by atoms with van der Waals surface area (Å²) in [5.74, 6) is -0.166. The number of H-pyrrole nitrogens is 1. The quantitative estimate of drug-likeness (QED) is 0.876. The van der Waals surface area contributed by atoms with Gasteiger partial charge < -0.3 is 14.7 Å². The number of carboxylic acid groups (broad SMARTS) is 1. The van der Waals surface area contributed by atoms with Gasteiger partial charge in [0.05, 0.1) is 6.42 Å². The first-order valence-electron chi connectivity index (χ1n) is 5.15. The van der Waals surface area contributed by atoms with Crippen molar-refractivity contribution in [1.29, 1.82) is 0 Å². The molecule has 0 aliphatic heterocycles. The van der Waals surface area contributed by atoms with Crippen molar-refractivity contribution in [3.63, 3.8) is 0 Å². The third kappa shape index (κ3) is 2.34. The van der Waals surface area contributed by atoms with Gasteiger partial charge >= 0.3 is 5.97 Å². The Morgan fingerprint density at radius 2 is 2.41 bits per heavy atom. The first kappa shape index (κ1) is 11.7. The van der Waals surface area contributed by atoms with Gasteiger partial charge in [0, 0.05) is 31.4 Å². The Labute approximate surface area is 103 Å². The molecule has 6 heteroatoms. The molecule has 2 rings (SSSR count). The van der Waals surface area contributed by atoms with Crippen molar-refractivity contribution >= 4 is 17.6 Å². The summed E-state index contributed by atoms with van der Waals surface area (Å²) in [6, 6.07) is 1.87. The number of nitrogens with zero attached hydrogens (tertiary/aromatic N) is 2. The molecule has 0 spiro atoms. The standard InChI is InChI=1S/C11H12ClN3O2/c1-15-8(2-3-9(16)17)14-10(11(15)12)7-4-5-13-6-7/h4-6,13H,2-3H2,1H3,(H,16,17). The van der Waals surface area contributed by atoms with E-state index in [9.17, 15) is 4.79 Å². The minimum atomic E-state index is -0.840. The van der Waals surface area contributed by atoms with Crippen molar-refractivity contribution in [1.82, 2.24) is 14.5 Å². The van der Waals surface area contributed by atoms with Gasteiger partial charge in [-0.3, -0.25) is 4.79 Å². The molecule has 0 bridgehead atoms. The number of aromatic amines is 1. The van der Waals surface area contributed by atoms with Crippen molar-refractivity contribution < 1.29 is 9.90 Å². The summed E-state index contributed by atoms with van der Waals surface area (Å²) in [4.78, 5) is 17.8. The lowest BCUT2D eigenvalue weighted by atomic mass is 10.3. The van der Waals surface area contributed by atoms with E-state index in [0.29, 0.717) is 23.1 Å². The molecule has 0 aliphatic rings. The Morgan fingerprint density at radius 3 is 3.00 bits per heavy atom. The maximum Gasteiger partial charge on any atom is 0.303 e. The van der Waals surface area contributed by atoms with Crippen LogP contribution < -0.4 is 0 Å². The van der Waals surface area contributed by atoms with E-state index in [1.54, 1.807) is 24.0 Å². The topological polar surface area (TPSA) is 70.9 Å². The van der Waals surface area contributed by atoms with Crippen LogP contribution in [0.5, 0.6) is 0 Å². The Balaban J connectivity index is 2.31. The first-order chi connectivity index (χ1) is 8.09. The van der Waals surface area contributed by atoms with E-state index in [0.717, 1.165) is 5.56 Å². The molecule has 2 N–H and O–H groups in total. The molecule has 5 nitrogen and oxygen atoms in total. The fourth-order valence-corrected chi connectivity index (χ4v) is 1.87. The predicted molar refractivity (Wildman–Crippen MR) is 64.0 cm³/mol. The zero-order chi connectivity index (χ0) is 12.4. The number of aromatic nitrogens is 3. The van der Waals surface area contributed by atoms with Crippen molar-refractivity contribution in [2.75, 3.05) is 0 Å². The molecule has 2 aromatic rings. The van der Waals surface area contributed by atoms with Crippen LogP contribution in [-0.4, -0.2) is 25.6 Å². The van der Waals surface area contributed by atoms with Crippen LogP contribution in [0.15, 0.2) is 18.5 Å². The number of hydrogen-bond donors (Lipinski definition) is 2. The SMILES string of the molecule is Cn1c(CCC(=O)O)nc(-c2cc[nH]c2)c1Cl. The molecule has 0 saturated heterocycles. The fourth-order valence-electron chi connectivity index (χ4n) is 1.62. The van der Waals surface area contributed by atoms with E-state index >= 15 is 0 Å². The number of imidazole rings is 1. The maximum atomic E-state index is 10.5. The van der Waals surface area contributed by atoms with Crippen LogP contribution in [-0.2, 0) is 18.3 Å². The molecule has 0 aliphatic carbocycles. The number of hydrogen-bond acceptors (Lipinski definition) is 2. The van der Waals surface area contributed by atoms with Crippen molar-refractivity contribution in [2.24, 2.45) is 7.05 Å². The van der Waals surface area contributed by atoms with Crippen LogP contribution in [0.1, 0.15) is 12.2 Å². The van der Waals surface area contributed by atoms with E-state index in [1.807, 2.05) is 6.07 Å². The molecule has 17 heavy (non-hydrogen) atoms. The lowest BCUT2D eigenvalue weighted by molar-refractivity contribution is -0.137. The molecule has 0 saturated carbocycles. The molecule has 0 atom stereocenters. The average molecular weight is 254 g/mol. The zero-order valence-corrected chi connectivity index (χ0v) is 10.0. The van der Waals surface area contributed by atoms with E-state index in [-0.39, 0.29) is 6.42 Å². The molecule has 90 valence electrons. The zero-order valence-electron chi connectivity index (χ0n) is 9.27. The number of carboxylic acids is 1. The molecule has 0 radical (unpaired) electrons. The molecular weight excluding hydrogens is 242 g/mol. The lowest BCUT2D eigenvalue weighted by Crippen LogP contribution is -2.03. The molecule has 0 amide bonds. The number of rotatable bonds is 4. The van der Waals surface area contributed by atoms with Gasteiger partial charge in [-0.1, -0.05) is 11.6 Å². The number of halogens is 1. The van der Waals surface area contributed by atoms with E-state index in [4.69, 9.17) is 16.7 Å². The second kappa shape index (κ2) is 4.63. The normalized spacial score (nSPS) is 10.7. The van der Waals surface area contributed by atoms with Gasteiger partial charge in [-0.15, -0.1) is 0 Å². The van der Waals surface area contributed by atoms with Gasteiger partial charge in [0.15, 0.2) is 0 Å². The summed E-state index contributed by atoms with van der Waals surface area (Å²) in [7, 11) is 1.78. The number of nitrogens with one attached hydrogen (secondary N) is 1. The minimum absolute atomic E-state index is 0.0494. The highest BCUT2D eigenvalue weighted by atomic mass is 35.5. The second-order valence-corrected chi connectivity index (χ2v) is 4.08. The highest BCUT2D eigenvalue weighted by molar-refractivity contribution is 6.32. The highest BCUT2D eigenvalue weighted by Gasteiger charge is 2.15. The predicted octanol–water partition coefficient (Wildman–Crippen LogP) is 2.09. The first-order valence-corrected chi connectivity index (χ1v) is 5.53. The largest absolute Gasteiger partial charge is 0.481 e. The van der Waals surface area contributed by atoms with Crippen LogP contribution in [0, 0.1) is 0 Å². The highest BCUT2D eigenvalue weighted by Crippen LogP contribution is 2.27. The van der Waals surface area contributed by atoms with E-state index in [1.165, 1.54) is 0 Å². The van der Waals surface area contributed by atoms with Crippen LogP contribution >= 0.6 is 11.6 Å². The maximum absolute atomic E-state index is 10.5. The summed E-state index contributed by atoms with van der Waals surface area (Å²) in [5.41, 5.74) is 1.57. The Kier molecular flexibility index (Phi) is 3.19. The summed E-state index contributed by atoms with van der Waals surface area (Å²) in [5, 5.41) is 9.17. The summed E-state index contributed by atoms with van der Waals surface area (Å²) < 4.78 is 1.72. The van der Waals surface area contributed by atoms with E-state index in [2.05, 4.69) is 9.97 Å². The van der Waals surface area contributed by atoms with E-state index < -0.39 is 5.97 Å². The van der Waals surface area contributed by atoms with Gasteiger partial charge in [-0.05, 0) is 6.07 Å². The number of aliphatic carboxylic acids is 1. The second-order valence-electron chi connectivity index (χ2n) is 3.72. The Morgan fingerprint density at radius 1 is 1.65 bits per heavy atom. The smallest absolute Gasteiger partial charge is 0.303 e. The van der Waals surface area contributed by atoms with Gasteiger partial charge in [0.2, 0.25) is 0 Å². The van der Waals surface area contributed by atoms with Gasteiger partial charge in [-0.25, -0.2) is 4.98 Å². The molecule has 0 fully saturated rings. The van der Waals surface area contributed by atoms with Gasteiger partial charge in [0.25, 0.3) is 0 Å². The summed E-state index contributed by atoms with van der Waals surface area (Å²) in [6.07, 6.45) is 4.01. The van der Waals surface area contributed by atoms with Crippen LogP contribution in [0.2, 0.25) is 5.15 Å². The Bertz CT molecular complexity index is 531. The molecular formula is C11H12ClN3O2. The number of carbonyl (C=O) groups is 1.